The van der Waals surface area contributed by atoms with Crippen LogP contribution in [0.25, 0.3) is 65.7 Å². The third-order valence-corrected chi connectivity index (χ3v) is 9.89. The Bertz CT molecular complexity index is 2540. The van der Waals surface area contributed by atoms with Crippen LogP contribution in [0.4, 0.5) is 0 Å². The molecule has 0 aliphatic rings. The first-order chi connectivity index (χ1) is 23.9. The summed E-state index contributed by atoms with van der Waals surface area (Å²) in [6.45, 7) is 4.70. The van der Waals surface area contributed by atoms with Gasteiger partial charge in [0.1, 0.15) is 20.8 Å². The van der Waals surface area contributed by atoms with E-state index in [2.05, 4.69) is 63.0 Å². The van der Waals surface area contributed by atoms with Crippen molar-refractivity contribution in [3.05, 3.63) is 139 Å². The number of aromatic amines is 2. The first kappa shape index (κ1) is 34.3. The molecule has 0 amide bonds. The second-order valence-electron chi connectivity index (χ2n) is 11.4. The molecule has 8 rings (SSSR count). The molecule has 0 bridgehead atoms. The smallest absolute Gasteiger partial charge is 0.269 e. The molecule has 0 aliphatic heterocycles. The molecule has 50 heavy (non-hydrogen) atoms. The lowest BCUT2D eigenvalue weighted by Crippen LogP contribution is -2.08. The zero-order valence-corrected chi connectivity index (χ0v) is 28.5. The van der Waals surface area contributed by atoms with E-state index in [4.69, 9.17) is 9.72 Å². The Morgan fingerprint density at radius 1 is 0.680 bits per heavy atom. The summed E-state index contributed by atoms with van der Waals surface area (Å²) in [6.07, 6.45) is 3.38. The van der Waals surface area contributed by atoms with Gasteiger partial charge in [0.25, 0.3) is 11.1 Å². The summed E-state index contributed by atoms with van der Waals surface area (Å²) in [4.78, 5) is 48.4. The van der Waals surface area contributed by atoms with Gasteiger partial charge in [-0.15, -0.1) is 22.7 Å². The molecule has 0 fully saturated rings. The van der Waals surface area contributed by atoms with Crippen LogP contribution < -0.4 is 11.1 Å². The average molecular weight is 699 g/mol. The summed E-state index contributed by atoms with van der Waals surface area (Å²) in [5.74, 6) is 0.978. The van der Waals surface area contributed by atoms with Gasteiger partial charge < -0.3 is 14.7 Å². The van der Waals surface area contributed by atoms with E-state index in [0.717, 1.165) is 38.9 Å². The molecular formula is C39H34N6O3S2. The van der Waals surface area contributed by atoms with E-state index in [9.17, 15) is 9.59 Å². The Labute approximate surface area is 296 Å². The van der Waals surface area contributed by atoms with Crippen LogP contribution in [0.2, 0.25) is 0 Å². The van der Waals surface area contributed by atoms with E-state index in [1.807, 2.05) is 65.4 Å². The lowest BCUT2D eigenvalue weighted by atomic mass is 10.0. The molecule has 8 aromatic rings. The Balaban J connectivity index is 0.000000171. The molecule has 0 unspecified atom stereocenters. The second-order valence-corrected chi connectivity index (χ2v) is 13.1. The van der Waals surface area contributed by atoms with Crippen molar-refractivity contribution >= 4 is 43.1 Å². The molecule has 2 N–H and O–H groups in total. The number of hydrogen-bond acceptors (Lipinski definition) is 9. The SMILES string of the molecule is C.COCc1ccc(-c2csc3c(=O)[nH]c(-c4ccccn4)nc23)cc1C.Cc1cccc(-c2csc3c(=O)[nH]c(-c4ccccn4)nc23)c1. The van der Waals surface area contributed by atoms with Gasteiger partial charge >= 0.3 is 0 Å². The van der Waals surface area contributed by atoms with Gasteiger partial charge in [0, 0.05) is 41.4 Å². The summed E-state index contributed by atoms with van der Waals surface area (Å²) >= 11 is 2.83. The third kappa shape index (κ3) is 6.92. The van der Waals surface area contributed by atoms with Crippen LogP contribution in [-0.2, 0) is 11.3 Å². The van der Waals surface area contributed by atoms with Crippen LogP contribution in [0.15, 0.2) is 112 Å². The predicted molar refractivity (Wildman–Crippen MR) is 205 cm³/mol. The maximum absolute atomic E-state index is 12.5. The van der Waals surface area contributed by atoms with E-state index in [-0.39, 0.29) is 18.5 Å². The molecule has 0 saturated carbocycles. The number of ether oxygens (including phenoxy) is 1. The first-order valence-corrected chi connectivity index (χ1v) is 17.2. The van der Waals surface area contributed by atoms with Gasteiger partial charge in [-0.1, -0.05) is 67.6 Å². The summed E-state index contributed by atoms with van der Waals surface area (Å²) < 4.78 is 6.49. The molecule has 6 heterocycles. The van der Waals surface area contributed by atoms with Gasteiger partial charge in [0.2, 0.25) is 0 Å². The van der Waals surface area contributed by atoms with Gasteiger partial charge in [0.15, 0.2) is 11.6 Å². The van der Waals surface area contributed by atoms with Crippen molar-refractivity contribution in [2.75, 3.05) is 7.11 Å². The number of rotatable bonds is 6. The van der Waals surface area contributed by atoms with Gasteiger partial charge in [0.05, 0.1) is 17.6 Å². The minimum absolute atomic E-state index is 0. The van der Waals surface area contributed by atoms with Gasteiger partial charge in [-0.25, -0.2) is 9.97 Å². The number of benzene rings is 2. The number of fused-ring (bicyclic) bond motifs is 2. The highest BCUT2D eigenvalue weighted by molar-refractivity contribution is 7.18. The number of H-pyrrole nitrogens is 2. The summed E-state index contributed by atoms with van der Waals surface area (Å²) in [5, 5.41) is 3.98. The summed E-state index contributed by atoms with van der Waals surface area (Å²) in [7, 11) is 1.69. The van der Waals surface area contributed by atoms with Crippen LogP contribution in [0, 0.1) is 13.8 Å². The van der Waals surface area contributed by atoms with Gasteiger partial charge in [-0.3, -0.25) is 19.6 Å². The molecule has 0 aliphatic carbocycles. The van der Waals surface area contributed by atoms with E-state index in [1.165, 1.54) is 28.2 Å². The molecule has 6 aromatic heterocycles. The molecule has 0 saturated heterocycles. The largest absolute Gasteiger partial charge is 0.380 e. The van der Waals surface area contributed by atoms with Crippen LogP contribution >= 0.6 is 22.7 Å². The van der Waals surface area contributed by atoms with Crippen LogP contribution in [0.3, 0.4) is 0 Å². The molecule has 2 aromatic carbocycles. The predicted octanol–water partition coefficient (Wildman–Crippen LogP) is 8.83. The number of pyridine rings is 2. The molecule has 11 heteroatoms. The van der Waals surface area contributed by atoms with Crippen LogP contribution in [0.5, 0.6) is 0 Å². The maximum Gasteiger partial charge on any atom is 0.269 e. The fourth-order valence-corrected chi connectivity index (χ4v) is 7.32. The highest BCUT2D eigenvalue weighted by atomic mass is 32.1. The van der Waals surface area contributed by atoms with E-state index in [1.54, 1.807) is 19.5 Å². The number of hydrogen-bond donors (Lipinski definition) is 2. The second kappa shape index (κ2) is 14.9. The van der Waals surface area contributed by atoms with Crippen molar-refractivity contribution in [1.29, 1.82) is 0 Å². The minimum Gasteiger partial charge on any atom is -0.380 e. The van der Waals surface area contributed by atoms with Gasteiger partial charge in [-0.05, 0) is 60.4 Å². The van der Waals surface area contributed by atoms with E-state index >= 15 is 0 Å². The van der Waals surface area contributed by atoms with Crippen molar-refractivity contribution in [1.82, 2.24) is 29.9 Å². The molecule has 250 valence electrons. The number of thiophene rings is 2. The maximum atomic E-state index is 12.5. The number of aryl methyl sites for hydroxylation is 2. The Kier molecular flexibility index (Phi) is 10.2. The van der Waals surface area contributed by atoms with Crippen molar-refractivity contribution in [3.8, 4) is 45.3 Å². The van der Waals surface area contributed by atoms with Crippen molar-refractivity contribution in [2.24, 2.45) is 0 Å². The quantitative estimate of drug-likeness (QED) is 0.178. The normalized spacial score (nSPS) is 10.9. The standard InChI is InChI=1S/C20H17N3O2S.C18H13N3OS.CH4/c1-12-9-13(6-7-14(12)10-25-2)15-11-26-18-17(15)22-19(23-20(18)24)16-5-3-4-8-21-16;1-11-5-4-6-12(9-11)13-10-23-16-15(13)20-17(21-18(16)22)14-7-2-3-8-19-14;/h3-9,11H,10H2,1-2H3,(H,22,23,24);2-10H,1H3,(H,20,21,22);1H4. The third-order valence-electron chi connectivity index (χ3n) is 7.95. The van der Waals surface area contributed by atoms with Crippen molar-refractivity contribution in [3.63, 3.8) is 0 Å². The zero-order valence-electron chi connectivity index (χ0n) is 26.9. The molecule has 0 atom stereocenters. The number of methoxy groups -OCH3 is 1. The fourth-order valence-electron chi connectivity index (χ4n) is 5.51. The van der Waals surface area contributed by atoms with Crippen LogP contribution in [0.1, 0.15) is 24.1 Å². The monoisotopic (exact) mass is 698 g/mol. The minimum atomic E-state index is -0.139. The van der Waals surface area contributed by atoms with Crippen molar-refractivity contribution in [2.45, 2.75) is 27.9 Å². The van der Waals surface area contributed by atoms with Gasteiger partial charge in [-0.2, -0.15) is 0 Å². The van der Waals surface area contributed by atoms with E-state index < -0.39 is 0 Å². The molecule has 9 nitrogen and oxygen atoms in total. The number of nitrogens with zero attached hydrogens (tertiary/aromatic N) is 4. The highest BCUT2D eigenvalue weighted by Gasteiger charge is 2.16. The number of aromatic nitrogens is 6. The lowest BCUT2D eigenvalue weighted by molar-refractivity contribution is 0.184. The Morgan fingerprint density at radius 2 is 1.24 bits per heavy atom. The van der Waals surface area contributed by atoms with Crippen LogP contribution in [-0.4, -0.2) is 37.0 Å². The average Bonchev–Trinajstić information content (AvgIpc) is 3.76. The zero-order chi connectivity index (χ0) is 33.9. The fraction of sp³-hybridized carbons (Fsp3) is 0.128. The van der Waals surface area contributed by atoms with E-state index in [0.29, 0.717) is 44.6 Å². The summed E-state index contributed by atoms with van der Waals surface area (Å²) in [6, 6.07) is 25.5. The van der Waals surface area contributed by atoms with Crippen molar-refractivity contribution < 1.29 is 4.74 Å². The Morgan fingerprint density at radius 3 is 1.72 bits per heavy atom. The topological polar surface area (TPSA) is 127 Å². The molecule has 0 radical (unpaired) electrons. The number of nitrogens with one attached hydrogen (secondary N) is 2. The Hall–Kier alpha value is -5.62. The highest BCUT2D eigenvalue weighted by Crippen LogP contribution is 2.34. The summed E-state index contributed by atoms with van der Waals surface area (Å²) in [5.41, 5.74) is 10.0. The lowest BCUT2D eigenvalue weighted by Gasteiger charge is -2.08. The first-order valence-electron chi connectivity index (χ1n) is 15.4. The molecular weight excluding hydrogens is 665 g/mol. The molecule has 0 spiro atoms.